The number of anilines is 1. The third-order valence-electron chi connectivity index (χ3n) is 2.93. The fraction of sp³-hybridized carbons (Fsp3) is 0.500. The molecule has 0 fully saturated rings. The topological polar surface area (TPSA) is 78.4 Å². The summed E-state index contributed by atoms with van der Waals surface area (Å²) in [7, 11) is 0. The summed E-state index contributed by atoms with van der Waals surface area (Å²) >= 11 is 0. The van der Waals surface area contributed by atoms with E-state index in [9.17, 15) is 14.7 Å². The first-order chi connectivity index (χ1) is 9.81. The summed E-state index contributed by atoms with van der Waals surface area (Å²) in [5.74, 6) is -1.19. The number of hydrogen-bond acceptors (Lipinski definition) is 3. The van der Waals surface area contributed by atoms with Crippen molar-refractivity contribution >= 4 is 17.6 Å². The molecule has 1 aromatic carbocycles. The van der Waals surface area contributed by atoms with E-state index in [1.54, 1.807) is 12.1 Å². The first-order valence-corrected chi connectivity index (χ1v) is 7.20. The van der Waals surface area contributed by atoms with E-state index in [1.165, 1.54) is 0 Å². The van der Waals surface area contributed by atoms with Gasteiger partial charge in [0, 0.05) is 11.7 Å². The molecule has 21 heavy (non-hydrogen) atoms. The maximum Gasteiger partial charge on any atom is 0.326 e. The van der Waals surface area contributed by atoms with Crippen molar-refractivity contribution < 1.29 is 14.7 Å². The van der Waals surface area contributed by atoms with Crippen molar-refractivity contribution in [2.75, 3.05) is 5.32 Å². The van der Waals surface area contributed by atoms with Crippen LogP contribution in [0, 0.1) is 5.92 Å². The minimum atomic E-state index is -1.01. The number of amides is 1. The second-order valence-electron chi connectivity index (χ2n) is 5.84. The van der Waals surface area contributed by atoms with E-state index in [1.807, 2.05) is 39.8 Å². The van der Waals surface area contributed by atoms with Crippen molar-refractivity contribution in [3.8, 4) is 0 Å². The summed E-state index contributed by atoms with van der Waals surface area (Å²) in [4.78, 5) is 23.6. The molecular formula is C16H24N2O3. The SMILES string of the molecule is CC(C)CC(NC(=O)c1ccccc1NC(C)C)C(=O)O. The van der Waals surface area contributed by atoms with Crippen LogP contribution in [0.4, 0.5) is 5.69 Å². The van der Waals surface area contributed by atoms with Gasteiger partial charge in [0.2, 0.25) is 0 Å². The summed E-state index contributed by atoms with van der Waals surface area (Å²) in [5, 5.41) is 15.0. The lowest BCUT2D eigenvalue weighted by atomic mass is 10.0. The van der Waals surface area contributed by atoms with Gasteiger partial charge in [-0.25, -0.2) is 4.79 Å². The van der Waals surface area contributed by atoms with E-state index in [0.717, 1.165) is 0 Å². The van der Waals surface area contributed by atoms with E-state index in [4.69, 9.17) is 0 Å². The molecule has 116 valence electrons. The molecule has 0 bridgehead atoms. The van der Waals surface area contributed by atoms with E-state index >= 15 is 0 Å². The zero-order chi connectivity index (χ0) is 16.0. The molecule has 3 N–H and O–H groups in total. The van der Waals surface area contributed by atoms with E-state index in [-0.39, 0.29) is 17.9 Å². The van der Waals surface area contributed by atoms with Crippen LogP contribution in [0.25, 0.3) is 0 Å². The number of carboxylic acids is 1. The number of para-hydroxylation sites is 1. The summed E-state index contributed by atoms with van der Waals surface area (Å²) < 4.78 is 0. The first kappa shape index (κ1) is 17.0. The van der Waals surface area contributed by atoms with Crippen LogP contribution in [0.3, 0.4) is 0 Å². The largest absolute Gasteiger partial charge is 0.480 e. The van der Waals surface area contributed by atoms with E-state index in [0.29, 0.717) is 17.7 Å². The number of carbonyl (C=O) groups is 2. The van der Waals surface area contributed by atoms with Crippen LogP contribution in [0.5, 0.6) is 0 Å². The third-order valence-corrected chi connectivity index (χ3v) is 2.93. The highest BCUT2D eigenvalue weighted by molar-refractivity contribution is 6.01. The molecule has 1 atom stereocenters. The van der Waals surface area contributed by atoms with Crippen LogP contribution < -0.4 is 10.6 Å². The van der Waals surface area contributed by atoms with Crippen molar-refractivity contribution in [1.29, 1.82) is 0 Å². The van der Waals surface area contributed by atoms with Gasteiger partial charge < -0.3 is 15.7 Å². The minimum absolute atomic E-state index is 0.185. The van der Waals surface area contributed by atoms with Crippen molar-refractivity contribution in [3.63, 3.8) is 0 Å². The van der Waals surface area contributed by atoms with Gasteiger partial charge in [-0.1, -0.05) is 26.0 Å². The third kappa shape index (κ3) is 5.45. The summed E-state index contributed by atoms with van der Waals surface area (Å²) in [5.41, 5.74) is 1.17. The average molecular weight is 292 g/mol. The van der Waals surface area contributed by atoms with Crippen molar-refractivity contribution in [2.24, 2.45) is 5.92 Å². The Hall–Kier alpha value is -2.04. The zero-order valence-corrected chi connectivity index (χ0v) is 13.0. The van der Waals surface area contributed by atoms with Crippen LogP contribution in [0.15, 0.2) is 24.3 Å². The Morgan fingerprint density at radius 2 is 1.76 bits per heavy atom. The molecule has 0 aliphatic rings. The van der Waals surface area contributed by atoms with Crippen LogP contribution in [-0.2, 0) is 4.79 Å². The number of hydrogen-bond donors (Lipinski definition) is 3. The fourth-order valence-corrected chi connectivity index (χ4v) is 2.05. The number of nitrogens with one attached hydrogen (secondary N) is 2. The lowest BCUT2D eigenvalue weighted by Gasteiger charge is -2.19. The molecule has 1 rings (SSSR count). The standard InChI is InChI=1S/C16H24N2O3/c1-10(2)9-14(16(20)21)18-15(19)12-7-5-6-8-13(12)17-11(3)4/h5-8,10-11,14,17H,9H2,1-4H3,(H,18,19)(H,20,21). The minimum Gasteiger partial charge on any atom is -0.480 e. The molecular weight excluding hydrogens is 268 g/mol. The highest BCUT2D eigenvalue weighted by Gasteiger charge is 2.22. The summed E-state index contributed by atoms with van der Waals surface area (Å²) in [6.07, 6.45) is 0.404. The average Bonchev–Trinajstić information content (AvgIpc) is 2.37. The van der Waals surface area contributed by atoms with Gasteiger partial charge in [-0.2, -0.15) is 0 Å². The number of carboxylic acid groups (broad SMARTS) is 1. The van der Waals surface area contributed by atoms with Gasteiger partial charge in [0.25, 0.3) is 5.91 Å². The Morgan fingerprint density at radius 1 is 1.14 bits per heavy atom. The highest BCUT2D eigenvalue weighted by Crippen LogP contribution is 2.17. The van der Waals surface area contributed by atoms with Crippen LogP contribution in [0.2, 0.25) is 0 Å². The van der Waals surface area contributed by atoms with Crippen LogP contribution in [0.1, 0.15) is 44.5 Å². The number of benzene rings is 1. The van der Waals surface area contributed by atoms with Gasteiger partial charge in [0.05, 0.1) is 5.56 Å². The molecule has 0 spiro atoms. The van der Waals surface area contributed by atoms with Crippen LogP contribution in [-0.4, -0.2) is 29.1 Å². The van der Waals surface area contributed by atoms with Crippen molar-refractivity contribution in [1.82, 2.24) is 5.32 Å². The molecule has 1 aromatic rings. The second-order valence-corrected chi connectivity index (χ2v) is 5.84. The molecule has 0 aliphatic carbocycles. The number of rotatable bonds is 7. The maximum atomic E-state index is 12.3. The quantitative estimate of drug-likeness (QED) is 0.722. The summed E-state index contributed by atoms with van der Waals surface area (Å²) in [6, 6.07) is 6.42. The van der Waals surface area contributed by atoms with Gasteiger partial charge in [-0.3, -0.25) is 4.79 Å². The number of aliphatic carboxylic acids is 1. The smallest absolute Gasteiger partial charge is 0.326 e. The van der Waals surface area contributed by atoms with Gasteiger partial charge in [0.15, 0.2) is 0 Å². The van der Waals surface area contributed by atoms with Gasteiger partial charge >= 0.3 is 5.97 Å². The van der Waals surface area contributed by atoms with E-state index in [2.05, 4.69) is 10.6 Å². The Bertz CT molecular complexity index is 498. The Morgan fingerprint density at radius 3 is 2.29 bits per heavy atom. The lowest BCUT2D eigenvalue weighted by molar-refractivity contribution is -0.139. The Kier molecular flexibility index (Phi) is 6.21. The van der Waals surface area contributed by atoms with Gasteiger partial charge in [0.1, 0.15) is 6.04 Å². The van der Waals surface area contributed by atoms with Gasteiger partial charge in [-0.05, 0) is 38.3 Å². The molecule has 0 saturated heterocycles. The predicted molar refractivity (Wildman–Crippen MR) is 83.5 cm³/mol. The normalized spacial score (nSPS) is 12.3. The molecule has 5 nitrogen and oxygen atoms in total. The highest BCUT2D eigenvalue weighted by atomic mass is 16.4. The molecule has 0 radical (unpaired) electrons. The lowest BCUT2D eigenvalue weighted by Crippen LogP contribution is -2.41. The molecule has 1 unspecified atom stereocenters. The summed E-state index contributed by atoms with van der Waals surface area (Å²) in [6.45, 7) is 7.81. The fourth-order valence-electron chi connectivity index (χ4n) is 2.05. The molecule has 0 aliphatic heterocycles. The zero-order valence-electron chi connectivity index (χ0n) is 13.0. The van der Waals surface area contributed by atoms with E-state index < -0.39 is 12.0 Å². The number of carbonyl (C=O) groups excluding carboxylic acids is 1. The first-order valence-electron chi connectivity index (χ1n) is 7.20. The predicted octanol–water partition coefficient (Wildman–Crippen LogP) is 2.74. The van der Waals surface area contributed by atoms with Crippen LogP contribution >= 0.6 is 0 Å². The molecule has 5 heteroatoms. The molecule has 1 amide bonds. The monoisotopic (exact) mass is 292 g/mol. The maximum absolute atomic E-state index is 12.3. The Balaban J connectivity index is 2.90. The second kappa shape index (κ2) is 7.67. The Labute approximate surface area is 125 Å². The molecule has 0 aromatic heterocycles. The molecule has 0 heterocycles. The van der Waals surface area contributed by atoms with Gasteiger partial charge in [-0.15, -0.1) is 0 Å². The van der Waals surface area contributed by atoms with Crippen molar-refractivity contribution in [2.45, 2.75) is 46.2 Å². The molecule has 0 saturated carbocycles. The van der Waals surface area contributed by atoms with Crippen molar-refractivity contribution in [3.05, 3.63) is 29.8 Å².